The van der Waals surface area contributed by atoms with Gasteiger partial charge in [-0.2, -0.15) is 28.8 Å². The molecule has 1 heterocycles. The molecule has 2 rings (SSSR count). The second-order valence-corrected chi connectivity index (χ2v) is 6.53. The largest absolute Gasteiger partial charge is 0.354 e. The number of nitrogens with one attached hydrogen (secondary N) is 1. The topological polar surface area (TPSA) is 52.9 Å². The normalized spacial score (nSPS) is 27.8. The quantitative estimate of drug-likeness (QED) is 0.809. The molecule has 15 heavy (non-hydrogen) atoms. The second-order valence-electron chi connectivity index (χ2n) is 3.97. The fraction of sp³-hybridized carbons (Fsp3) is 0.800. The lowest BCUT2D eigenvalue weighted by atomic mass is 10.1. The minimum atomic E-state index is -0.660. The van der Waals surface area contributed by atoms with Crippen LogP contribution in [0.1, 0.15) is 12.8 Å². The highest BCUT2D eigenvalue weighted by Gasteiger charge is 2.50. The van der Waals surface area contributed by atoms with E-state index < -0.39 is 5.41 Å². The van der Waals surface area contributed by atoms with Crippen LogP contribution in [0.25, 0.3) is 0 Å². The first-order valence-corrected chi connectivity index (χ1v) is 7.36. The third-order valence-corrected chi connectivity index (χ3v) is 5.62. The van der Waals surface area contributed by atoms with E-state index in [2.05, 4.69) is 11.4 Å². The molecule has 1 aliphatic heterocycles. The maximum Gasteiger partial charge on any atom is 0.240 e. The molecule has 2 aliphatic rings. The highest BCUT2D eigenvalue weighted by atomic mass is 32.2. The lowest BCUT2D eigenvalue weighted by Gasteiger charge is -2.21. The number of amides is 1. The van der Waals surface area contributed by atoms with Gasteiger partial charge < -0.3 is 5.32 Å². The first-order valence-electron chi connectivity index (χ1n) is 5.16. The first kappa shape index (κ1) is 11.2. The van der Waals surface area contributed by atoms with Crippen LogP contribution >= 0.6 is 23.5 Å². The Bertz CT molecular complexity index is 290. The van der Waals surface area contributed by atoms with E-state index in [1.54, 1.807) is 0 Å². The van der Waals surface area contributed by atoms with E-state index >= 15 is 0 Å². The van der Waals surface area contributed by atoms with Crippen LogP contribution in [0.2, 0.25) is 0 Å². The molecule has 1 saturated heterocycles. The Morgan fingerprint density at radius 1 is 1.53 bits per heavy atom. The molecule has 0 aromatic rings. The number of nitrogens with zero attached hydrogens (tertiary/aromatic N) is 1. The Balaban J connectivity index is 1.73. The first-order chi connectivity index (χ1) is 7.27. The molecule has 2 fully saturated rings. The molecule has 3 nitrogen and oxygen atoms in total. The van der Waals surface area contributed by atoms with Crippen molar-refractivity contribution < 1.29 is 4.79 Å². The van der Waals surface area contributed by atoms with Gasteiger partial charge in [0, 0.05) is 29.1 Å². The van der Waals surface area contributed by atoms with Gasteiger partial charge in [-0.25, -0.2) is 0 Å². The van der Waals surface area contributed by atoms with Crippen molar-refractivity contribution in [2.24, 2.45) is 5.41 Å². The number of hydrogen-bond acceptors (Lipinski definition) is 4. The predicted molar refractivity (Wildman–Crippen MR) is 63.9 cm³/mol. The summed E-state index contributed by atoms with van der Waals surface area (Å²) in [4.78, 5) is 11.7. The molecule has 5 heteroatoms. The van der Waals surface area contributed by atoms with Crippen molar-refractivity contribution in [1.82, 2.24) is 5.32 Å². The van der Waals surface area contributed by atoms with Crippen LogP contribution in [0.15, 0.2) is 0 Å². The van der Waals surface area contributed by atoms with Crippen LogP contribution in [-0.2, 0) is 4.79 Å². The number of carbonyl (C=O) groups excluding carboxylic acids is 1. The van der Waals surface area contributed by atoms with Gasteiger partial charge in [0.1, 0.15) is 5.41 Å². The zero-order valence-corrected chi connectivity index (χ0v) is 10.1. The molecule has 82 valence electrons. The van der Waals surface area contributed by atoms with E-state index in [0.29, 0.717) is 5.25 Å². The molecular formula is C10H14N2OS2. The van der Waals surface area contributed by atoms with Crippen LogP contribution in [0.4, 0.5) is 0 Å². The van der Waals surface area contributed by atoms with Crippen molar-refractivity contribution in [3.05, 3.63) is 0 Å². The van der Waals surface area contributed by atoms with Gasteiger partial charge in [0.25, 0.3) is 0 Å². The average molecular weight is 242 g/mol. The fourth-order valence-electron chi connectivity index (χ4n) is 1.54. The van der Waals surface area contributed by atoms with Gasteiger partial charge >= 0.3 is 0 Å². The summed E-state index contributed by atoms with van der Waals surface area (Å²) < 4.78 is 0. The van der Waals surface area contributed by atoms with Gasteiger partial charge in [-0.15, -0.1) is 0 Å². The van der Waals surface area contributed by atoms with Crippen LogP contribution in [0.3, 0.4) is 0 Å². The fourth-order valence-corrected chi connectivity index (χ4v) is 4.16. The number of carbonyl (C=O) groups is 1. The molecule has 0 aromatic heterocycles. The van der Waals surface area contributed by atoms with Crippen LogP contribution in [0, 0.1) is 16.7 Å². The Morgan fingerprint density at radius 2 is 2.33 bits per heavy atom. The van der Waals surface area contributed by atoms with Crippen molar-refractivity contribution in [3.63, 3.8) is 0 Å². The SMILES string of the molecule is N#CC1(C(=O)NCC2CSCCS2)CC1. The lowest BCUT2D eigenvalue weighted by Crippen LogP contribution is -2.37. The maximum atomic E-state index is 11.7. The molecule has 0 aromatic carbocycles. The zero-order valence-electron chi connectivity index (χ0n) is 8.49. The minimum absolute atomic E-state index is 0.0545. The van der Waals surface area contributed by atoms with Crippen molar-refractivity contribution in [2.45, 2.75) is 18.1 Å². The Hall–Kier alpha value is -0.340. The monoisotopic (exact) mass is 242 g/mol. The Kier molecular flexibility index (Phi) is 3.47. The highest BCUT2D eigenvalue weighted by molar-refractivity contribution is 8.06. The average Bonchev–Trinajstić information content (AvgIpc) is 3.08. The molecule has 0 bridgehead atoms. The summed E-state index contributed by atoms with van der Waals surface area (Å²) in [6.45, 7) is 0.722. The molecule has 1 unspecified atom stereocenters. The number of nitriles is 1. The zero-order chi connectivity index (χ0) is 10.7. The van der Waals surface area contributed by atoms with Gasteiger partial charge in [0.2, 0.25) is 5.91 Å². The van der Waals surface area contributed by atoms with Crippen molar-refractivity contribution in [1.29, 1.82) is 5.26 Å². The molecule has 1 N–H and O–H groups in total. The van der Waals surface area contributed by atoms with Gasteiger partial charge in [-0.1, -0.05) is 0 Å². The summed E-state index contributed by atoms with van der Waals surface area (Å²) in [6.07, 6.45) is 1.48. The predicted octanol–water partition coefficient (Wildman–Crippen LogP) is 1.25. The van der Waals surface area contributed by atoms with E-state index in [1.807, 2.05) is 23.5 Å². The molecule has 1 saturated carbocycles. The number of rotatable bonds is 3. The molecule has 1 amide bonds. The van der Waals surface area contributed by atoms with Gasteiger partial charge in [0.15, 0.2) is 0 Å². The Labute approximate surface area is 98.4 Å². The maximum absolute atomic E-state index is 11.7. The molecule has 1 aliphatic carbocycles. The molecule has 0 radical (unpaired) electrons. The third kappa shape index (κ3) is 2.61. The highest BCUT2D eigenvalue weighted by Crippen LogP contribution is 2.45. The van der Waals surface area contributed by atoms with Gasteiger partial charge in [-0.3, -0.25) is 4.79 Å². The van der Waals surface area contributed by atoms with E-state index in [4.69, 9.17) is 5.26 Å². The summed E-state index contributed by atoms with van der Waals surface area (Å²) in [5, 5.41) is 12.3. The van der Waals surface area contributed by atoms with Crippen molar-refractivity contribution in [2.75, 3.05) is 23.8 Å². The summed E-state index contributed by atoms with van der Waals surface area (Å²) in [5.74, 6) is 3.46. The summed E-state index contributed by atoms with van der Waals surface area (Å²) in [5.41, 5.74) is -0.660. The van der Waals surface area contributed by atoms with Crippen molar-refractivity contribution >= 4 is 29.4 Å². The molecule has 1 atom stereocenters. The van der Waals surface area contributed by atoms with E-state index in [0.717, 1.165) is 25.1 Å². The third-order valence-electron chi connectivity index (χ3n) is 2.77. The lowest BCUT2D eigenvalue weighted by molar-refractivity contribution is -0.124. The van der Waals surface area contributed by atoms with Crippen molar-refractivity contribution in [3.8, 4) is 6.07 Å². The number of thioether (sulfide) groups is 2. The Morgan fingerprint density at radius 3 is 2.87 bits per heavy atom. The molecule has 0 spiro atoms. The van der Waals surface area contributed by atoms with Crippen LogP contribution < -0.4 is 5.32 Å². The minimum Gasteiger partial charge on any atom is -0.354 e. The molecular weight excluding hydrogens is 228 g/mol. The van der Waals surface area contributed by atoms with E-state index in [1.165, 1.54) is 11.5 Å². The van der Waals surface area contributed by atoms with Crippen LogP contribution in [0.5, 0.6) is 0 Å². The van der Waals surface area contributed by atoms with E-state index in [9.17, 15) is 4.79 Å². The van der Waals surface area contributed by atoms with Gasteiger partial charge in [0.05, 0.1) is 6.07 Å². The van der Waals surface area contributed by atoms with Gasteiger partial charge in [-0.05, 0) is 12.8 Å². The summed E-state index contributed by atoms with van der Waals surface area (Å²) >= 11 is 3.87. The number of hydrogen-bond donors (Lipinski definition) is 1. The second kappa shape index (κ2) is 4.67. The summed E-state index contributed by atoms with van der Waals surface area (Å²) in [6, 6.07) is 2.12. The standard InChI is InChI=1S/C10H14N2OS2/c11-7-10(1-2-10)9(13)12-5-8-6-14-3-4-15-8/h8H,1-6H2,(H,12,13). The van der Waals surface area contributed by atoms with E-state index in [-0.39, 0.29) is 5.91 Å². The van der Waals surface area contributed by atoms with Crippen LogP contribution in [-0.4, -0.2) is 35.0 Å². The smallest absolute Gasteiger partial charge is 0.240 e. The summed E-state index contributed by atoms with van der Waals surface area (Å²) in [7, 11) is 0.